The van der Waals surface area contributed by atoms with Crippen molar-refractivity contribution in [3.8, 4) is 0 Å². The van der Waals surface area contributed by atoms with Crippen molar-refractivity contribution in [2.24, 2.45) is 0 Å². The molecule has 0 bridgehead atoms. The van der Waals surface area contributed by atoms with Gasteiger partial charge in [-0.25, -0.2) is 0 Å². The van der Waals surface area contributed by atoms with E-state index in [1.165, 1.54) is 0 Å². The van der Waals surface area contributed by atoms with E-state index >= 15 is 0 Å². The number of anilines is 1. The van der Waals surface area contributed by atoms with E-state index in [1.54, 1.807) is 12.1 Å². The highest BCUT2D eigenvalue weighted by Gasteiger charge is 2.23. The molecule has 1 aromatic carbocycles. The Morgan fingerprint density at radius 1 is 1.53 bits per heavy atom. The summed E-state index contributed by atoms with van der Waals surface area (Å²) in [5, 5.41) is 14.3. The number of nitrogens with zero attached hydrogens (tertiary/aromatic N) is 2. The summed E-state index contributed by atoms with van der Waals surface area (Å²) < 4.78 is 0.675. The second kappa shape index (κ2) is 6.04. The van der Waals surface area contributed by atoms with Crippen molar-refractivity contribution in [3.63, 3.8) is 0 Å². The van der Waals surface area contributed by atoms with Crippen LogP contribution in [0.3, 0.4) is 0 Å². The van der Waals surface area contributed by atoms with Crippen LogP contribution in [-0.2, 0) is 0 Å². The molecule has 0 aromatic heterocycles. The second-order valence-corrected chi connectivity index (χ2v) is 6.28. The second-order valence-electron chi connectivity index (χ2n) is 5.12. The van der Waals surface area contributed by atoms with E-state index in [4.69, 9.17) is 0 Å². The fraction of sp³-hybridized carbons (Fsp3) is 0.538. The number of nitrogens with one attached hydrogen (secondary N) is 1. The van der Waals surface area contributed by atoms with Crippen molar-refractivity contribution >= 4 is 34.0 Å². The van der Waals surface area contributed by atoms with E-state index in [9.17, 15) is 10.1 Å². The van der Waals surface area contributed by atoms with Crippen LogP contribution in [0.15, 0.2) is 18.2 Å². The molecule has 0 saturated carbocycles. The zero-order chi connectivity index (χ0) is 14.0. The number of hydrogen-bond acceptors (Lipinski definition) is 4. The van der Waals surface area contributed by atoms with Gasteiger partial charge in [-0.05, 0) is 61.5 Å². The molecule has 2 atom stereocenters. The minimum Gasteiger partial charge on any atom is -0.382 e. The summed E-state index contributed by atoms with van der Waals surface area (Å²) in [6.07, 6.45) is 2.21. The Labute approximate surface area is 126 Å². The van der Waals surface area contributed by atoms with E-state index in [0.29, 0.717) is 15.7 Å². The van der Waals surface area contributed by atoms with E-state index in [0.717, 1.165) is 25.1 Å². The number of piperidine rings is 1. The number of nitro benzene ring substituents is 1. The van der Waals surface area contributed by atoms with Crippen LogP contribution in [0.5, 0.6) is 0 Å². The Morgan fingerprint density at radius 3 is 2.84 bits per heavy atom. The molecule has 1 saturated heterocycles. The van der Waals surface area contributed by atoms with Gasteiger partial charge in [-0.3, -0.25) is 10.1 Å². The SMILES string of the molecule is CC1CC(Nc2ccc([N+](=O)[O-])c(I)c2)CCN1C. The third-order valence-electron chi connectivity index (χ3n) is 3.72. The molecule has 19 heavy (non-hydrogen) atoms. The minimum absolute atomic E-state index is 0.169. The summed E-state index contributed by atoms with van der Waals surface area (Å²) >= 11 is 2.01. The van der Waals surface area contributed by atoms with Crippen LogP contribution in [0.4, 0.5) is 11.4 Å². The largest absolute Gasteiger partial charge is 0.382 e. The number of benzene rings is 1. The van der Waals surface area contributed by atoms with Gasteiger partial charge in [0.1, 0.15) is 0 Å². The molecule has 2 rings (SSSR count). The number of nitro groups is 1. The van der Waals surface area contributed by atoms with Gasteiger partial charge >= 0.3 is 0 Å². The summed E-state index contributed by atoms with van der Waals surface area (Å²) in [6, 6.07) is 6.24. The van der Waals surface area contributed by atoms with Gasteiger partial charge in [0.2, 0.25) is 0 Å². The van der Waals surface area contributed by atoms with Gasteiger partial charge in [-0.2, -0.15) is 0 Å². The van der Waals surface area contributed by atoms with Gasteiger partial charge in [0.15, 0.2) is 0 Å². The third kappa shape index (κ3) is 3.56. The topological polar surface area (TPSA) is 58.4 Å². The van der Waals surface area contributed by atoms with Gasteiger partial charge < -0.3 is 10.2 Å². The summed E-state index contributed by atoms with van der Waals surface area (Å²) in [5.41, 5.74) is 1.14. The molecule has 1 aliphatic rings. The van der Waals surface area contributed by atoms with Crippen LogP contribution in [-0.4, -0.2) is 35.5 Å². The molecule has 1 fully saturated rings. The van der Waals surface area contributed by atoms with Crippen LogP contribution in [0.2, 0.25) is 0 Å². The van der Waals surface area contributed by atoms with Crippen LogP contribution in [0.1, 0.15) is 19.8 Å². The molecule has 1 aromatic rings. The number of hydrogen-bond donors (Lipinski definition) is 1. The molecule has 0 radical (unpaired) electrons. The zero-order valence-corrected chi connectivity index (χ0v) is 13.3. The minimum atomic E-state index is -0.344. The van der Waals surface area contributed by atoms with Crippen molar-refractivity contribution in [2.45, 2.75) is 31.8 Å². The molecule has 1 heterocycles. The first kappa shape index (κ1) is 14.5. The fourth-order valence-electron chi connectivity index (χ4n) is 2.40. The first-order chi connectivity index (χ1) is 8.97. The van der Waals surface area contributed by atoms with E-state index < -0.39 is 0 Å². The van der Waals surface area contributed by atoms with Gasteiger partial charge in [0.25, 0.3) is 5.69 Å². The highest BCUT2D eigenvalue weighted by Crippen LogP contribution is 2.26. The lowest BCUT2D eigenvalue weighted by Crippen LogP contribution is -2.42. The van der Waals surface area contributed by atoms with Gasteiger partial charge in [-0.1, -0.05) is 0 Å². The van der Waals surface area contributed by atoms with Gasteiger partial charge in [0, 0.05) is 30.4 Å². The smallest absolute Gasteiger partial charge is 0.282 e. The number of halogens is 1. The van der Waals surface area contributed by atoms with E-state index in [-0.39, 0.29) is 10.6 Å². The number of rotatable bonds is 3. The standard InChI is InChI=1S/C13H18IN3O2/c1-9-7-11(5-6-16(9)2)15-10-3-4-13(17(18)19)12(14)8-10/h3-4,8-9,11,15H,5-7H2,1-2H3. The Hall–Kier alpha value is -0.890. The maximum absolute atomic E-state index is 10.8. The average Bonchev–Trinajstić information content (AvgIpc) is 2.33. The number of likely N-dealkylation sites (tertiary alicyclic amines) is 1. The predicted octanol–water partition coefficient (Wildman–Crippen LogP) is 3.09. The van der Waals surface area contributed by atoms with E-state index in [2.05, 4.69) is 24.2 Å². The molecular formula is C13H18IN3O2. The van der Waals surface area contributed by atoms with E-state index in [1.807, 2.05) is 28.7 Å². The van der Waals surface area contributed by atoms with Crippen molar-refractivity contribution < 1.29 is 4.92 Å². The zero-order valence-electron chi connectivity index (χ0n) is 11.1. The van der Waals surface area contributed by atoms with Crippen molar-refractivity contribution in [3.05, 3.63) is 31.9 Å². The lowest BCUT2D eigenvalue weighted by atomic mass is 9.98. The third-order valence-corrected chi connectivity index (χ3v) is 4.59. The first-order valence-corrected chi connectivity index (χ1v) is 7.46. The molecule has 1 N–H and O–H groups in total. The quantitative estimate of drug-likeness (QED) is 0.501. The monoisotopic (exact) mass is 375 g/mol. The molecule has 104 valence electrons. The van der Waals surface area contributed by atoms with Crippen LogP contribution in [0.25, 0.3) is 0 Å². The molecule has 6 heteroatoms. The summed E-state index contributed by atoms with van der Waals surface area (Å²) in [7, 11) is 2.15. The van der Waals surface area contributed by atoms with Gasteiger partial charge in [0.05, 0.1) is 8.49 Å². The summed E-state index contributed by atoms with van der Waals surface area (Å²) in [5.74, 6) is 0. The highest BCUT2D eigenvalue weighted by molar-refractivity contribution is 14.1. The molecule has 0 spiro atoms. The Morgan fingerprint density at radius 2 is 2.26 bits per heavy atom. The van der Waals surface area contributed by atoms with Crippen LogP contribution >= 0.6 is 22.6 Å². The molecule has 1 aliphatic heterocycles. The summed E-state index contributed by atoms with van der Waals surface area (Å²) in [6.45, 7) is 3.32. The van der Waals surface area contributed by atoms with Crippen molar-refractivity contribution in [2.75, 3.05) is 18.9 Å². The molecule has 2 unspecified atom stereocenters. The lowest BCUT2D eigenvalue weighted by Gasteiger charge is -2.35. The molecule has 5 nitrogen and oxygen atoms in total. The Balaban J connectivity index is 2.04. The average molecular weight is 375 g/mol. The normalized spacial score (nSPS) is 24.2. The van der Waals surface area contributed by atoms with Gasteiger partial charge in [-0.15, -0.1) is 0 Å². The predicted molar refractivity (Wildman–Crippen MR) is 84.6 cm³/mol. The lowest BCUT2D eigenvalue weighted by molar-refractivity contribution is -0.385. The fourth-order valence-corrected chi connectivity index (χ4v) is 3.11. The summed E-state index contributed by atoms with van der Waals surface area (Å²) in [4.78, 5) is 12.8. The molecule has 0 amide bonds. The van der Waals surface area contributed by atoms with Crippen molar-refractivity contribution in [1.29, 1.82) is 0 Å². The molecule has 0 aliphatic carbocycles. The Bertz CT molecular complexity index is 481. The maximum Gasteiger partial charge on any atom is 0.282 e. The van der Waals surface area contributed by atoms with Crippen molar-refractivity contribution in [1.82, 2.24) is 4.90 Å². The molecular weight excluding hydrogens is 357 g/mol. The Kier molecular flexibility index (Phi) is 4.62. The maximum atomic E-state index is 10.8. The van der Waals surface area contributed by atoms with Crippen LogP contribution in [0, 0.1) is 13.7 Å². The van der Waals surface area contributed by atoms with Crippen LogP contribution < -0.4 is 5.32 Å². The highest BCUT2D eigenvalue weighted by atomic mass is 127. The first-order valence-electron chi connectivity index (χ1n) is 6.38.